The van der Waals surface area contributed by atoms with Crippen molar-refractivity contribution in [2.75, 3.05) is 6.61 Å². The van der Waals surface area contributed by atoms with Gasteiger partial charge < -0.3 is 14.9 Å². The Hall–Kier alpha value is -4.63. The van der Waals surface area contributed by atoms with Crippen molar-refractivity contribution in [2.45, 2.75) is 66.4 Å². The molecular formula is C36H37F2N3O4. The molecule has 0 fully saturated rings. The van der Waals surface area contributed by atoms with Crippen molar-refractivity contribution in [1.82, 2.24) is 14.6 Å². The second-order valence-electron chi connectivity index (χ2n) is 12.4. The lowest BCUT2D eigenvalue weighted by atomic mass is 9.91. The smallest absolute Gasteiger partial charge is 0.307 e. The molecule has 1 aliphatic rings. The van der Waals surface area contributed by atoms with E-state index in [2.05, 4.69) is 4.98 Å². The molecule has 0 radical (unpaired) electrons. The van der Waals surface area contributed by atoms with Crippen LogP contribution in [0.2, 0.25) is 0 Å². The summed E-state index contributed by atoms with van der Waals surface area (Å²) < 4.78 is 36.4. The van der Waals surface area contributed by atoms with Crippen LogP contribution in [-0.4, -0.2) is 43.0 Å². The normalized spacial score (nSPS) is 12.7. The topological polar surface area (TPSA) is 97.0 Å². The molecule has 0 saturated heterocycles. The van der Waals surface area contributed by atoms with Crippen LogP contribution in [0.3, 0.4) is 0 Å². The average molecular weight is 614 g/mol. The molecule has 45 heavy (non-hydrogen) atoms. The molecule has 9 heteroatoms. The van der Waals surface area contributed by atoms with Gasteiger partial charge >= 0.3 is 5.97 Å². The van der Waals surface area contributed by atoms with E-state index in [-0.39, 0.29) is 18.0 Å². The SMILES string of the molecule is CC(C)(C)O.Cc1cc(-c2cccc(-c3cc4nc(C)c(CC(=O)O)c(-c5cc(F)c6c(c5C)CCCO6)n4n3)c2)ccc1F. The Morgan fingerprint density at radius 2 is 1.67 bits per heavy atom. The van der Waals surface area contributed by atoms with Crippen molar-refractivity contribution < 1.29 is 28.5 Å². The van der Waals surface area contributed by atoms with E-state index < -0.39 is 17.4 Å². The summed E-state index contributed by atoms with van der Waals surface area (Å²) in [6.45, 7) is 11.1. The summed E-state index contributed by atoms with van der Waals surface area (Å²) in [4.78, 5) is 16.6. The molecule has 6 rings (SSSR count). The summed E-state index contributed by atoms with van der Waals surface area (Å²) in [6.07, 6.45) is 1.17. The number of fused-ring (bicyclic) bond motifs is 2. The lowest BCUT2D eigenvalue weighted by Crippen LogP contribution is -2.14. The van der Waals surface area contributed by atoms with Gasteiger partial charge in [0.1, 0.15) is 5.82 Å². The fraction of sp³-hybridized carbons (Fsp3) is 0.306. The number of hydrogen-bond donors (Lipinski definition) is 2. The third-order valence-electron chi connectivity index (χ3n) is 7.58. The van der Waals surface area contributed by atoms with Crippen molar-refractivity contribution in [3.8, 4) is 39.4 Å². The summed E-state index contributed by atoms with van der Waals surface area (Å²) in [5.74, 6) is -1.48. The van der Waals surface area contributed by atoms with Gasteiger partial charge in [0.05, 0.1) is 30.0 Å². The lowest BCUT2D eigenvalue weighted by molar-refractivity contribution is -0.136. The summed E-state index contributed by atoms with van der Waals surface area (Å²) >= 11 is 0. The fourth-order valence-electron chi connectivity index (χ4n) is 5.52. The van der Waals surface area contributed by atoms with Gasteiger partial charge in [0, 0.05) is 34.0 Å². The molecule has 0 unspecified atom stereocenters. The van der Waals surface area contributed by atoms with Gasteiger partial charge in [0.2, 0.25) is 0 Å². The monoisotopic (exact) mass is 613 g/mol. The molecule has 234 valence electrons. The van der Waals surface area contributed by atoms with Crippen LogP contribution in [0, 0.1) is 32.4 Å². The number of carbonyl (C=O) groups is 1. The Labute approximate surface area is 261 Å². The quantitative estimate of drug-likeness (QED) is 0.211. The van der Waals surface area contributed by atoms with E-state index in [1.807, 2.05) is 37.3 Å². The molecule has 0 aliphatic carbocycles. The number of carboxylic acids is 1. The molecule has 7 nitrogen and oxygen atoms in total. The lowest BCUT2D eigenvalue weighted by Gasteiger charge is -2.23. The van der Waals surface area contributed by atoms with Crippen molar-refractivity contribution in [3.63, 3.8) is 0 Å². The molecule has 2 N–H and O–H groups in total. The van der Waals surface area contributed by atoms with Crippen molar-refractivity contribution in [1.29, 1.82) is 0 Å². The maximum atomic E-state index is 15.3. The van der Waals surface area contributed by atoms with Crippen molar-refractivity contribution in [2.24, 2.45) is 0 Å². The molecule has 0 amide bonds. The summed E-state index contributed by atoms with van der Waals surface area (Å²) in [5.41, 5.74) is 7.52. The van der Waals surface area contributed by atoms with Gasteiger partial charge in [0.25, 0.3) is 0 Å². The molecule has 1 aliphatic heterocycles. The van der Waals surface area contributed by atoms with E-state index in [4.69, 9.17) is 14.9 Å². The maximum Gasteiger partial charge on any atom is 0.307 e. The second-order valence-corrected chi connectivity index (χ2v) is 12.4. The number of aliphatic carboxylic acids is 1. The van der Waals surface area contributed by atoms with Gasteiger partial charge in [0.15, 0.2) is 17.2 Å². The van der Waals surface area contributed by atoms with Crippen LogP contribution in [-0.2, 0) is 17.6 Å². The molecule has 5 aromatic rings. The average Bonchev–Trinajstić information content (AvgIpc) is 3.39. The molecular weight excluding hydrogens is 576 g/mol. The van der Waals surface area contributed by atoms with Crippen molar-refractivity contribution >= 4 is 11.6 Å². The van der Waals surface area contributed by atoms with Crippen LogP contribution in [0.4, 0.5) is 8.78 Å². The highest BCUT2D eigenvalue weighted by Gasteiger charge is 2.26. The van der Waals surface area contributed by atoms with Crippen LogP contribution in [0.15, 0.2) is 54.6 Å². The minimum absolute atomic E-state index is 0.258. The predicted octanol–water partition coefficient (Wildman–Crippen LogP) is 7.66. The third-order valence-corrected chi connectivity index (χ3v) is 7.58. The van der Waals surface area contributed by atoms with E-state index in [0.717, 1.165) is 34.2 Å². The standard InChI is InChI=1S/C32H27F2N3O3.C4H10O/c1-17-12-21(9-10-26(17)33)20-6-4-7-22(13-20)28-16-29-35-19(3)25(15-30(38)39)31(37(29)36-28)24-14-27(34)32-23(18(24)2)8-5-11-40-32;1-4(2,3)5/h4,6-7,9-10,12-14,16H,5,8,11,15H2,1-3H3,(H,38,39);5H,1-3H3. The van der Waals surface area contributed by atoms with Crippen molar-refractivity contribution in [3.05, 3.63) is 94.2 Å². The summed E-state index contributed by atoms with van der Waals surface area (Å²) in [6, 6.07) is 16.0. The minimum Gasteiger partial charge on any atom is -0.490 e. The molecule has 0 atom stereocenters. The van der Waals surface area contributed by atoms with E-state index in [0.29, 0.717) is 52.4 Å². The van der Waals surface area contributed by atoms with Crippen LogP contribution >= 0.6 is 0 Å². The molecule has 0 spiro atoms. The first-order valence-electron chi connectivity index (χ1n) is 14.9. The van der Waals surface area contributed by atoms with E-state index >= 15 is 4.39 Å². The highest BCUT2D eigenvalue weighted by atomic mass is 19.1. The molecule has 0 bridgehead atoms. The highest BCUT2D eigenvalue weighted by Crippen LogP contribution is 2.39. The van der Waals surface area contributed by atoms with E-state index in [1.54, 1.807) is 51.3 Å². The maximum absolute atomic E-state index is 15.3. The first-order chi connectivity index (χ1) is 21.2. The van der Waals surface area contributed by atoms with Crippen LogP contribution in [0.25, 0.3) is 39.3 Å². The van der Waals surface area contributed by atoms with Gasteiger partial charge in [-0.25, -0.2) is 18.3 Å². The van der Waals surface area contributed by atoms with Gasteiger partial charge in [-0.1, -0.05) is 24.3 Å². The zero-order valence-electron chi connectivity index (χ0n) is 26.3. The summed E-state index contributed by atoms with van der Waals surface area (Å²) in [7, 11) is 0. The highest BCUT2D eigenvalue weighted by molar-refractivity contribution is 5.80. The molecule has 2 aromatic heterocycles. The Morgan fingerprint density at radius 3 is 2.36 bits per heavy atom. The molecule has 0 saturated carbocycles. The zero-order valence-corrected chi connectivity index (χ0v) is 26.3. The number of benzene rings is 3. The van der Waals surface area contributed by atoms with Gasteiger partial charge in [-0.05, 0) is 101 Å². The Kier molecular flexibility index (Phi) is 8.76. The molecule has 3 heterocycles. The van der Waals surface area contributed by atoms with E-state index in [1.165, 1.54) is 12.1 Å². The Balaban J connectivity index is 0.000000743. The number of carboxylic acid groups (broad SMARTS) is 1. The number of halogens is 2. The number of ether oxygens (including phenoxy) is 1. The van der Waals surface area contributed by atoms with Gasteiger partial charge in [-0.3, -0.25) is 4.79 Å². The third kappa shape index (κ3) is 6.88. The first-order valence-corrected chi connectivity index (χ1v) is 14.9. The Bertz CT molecular complexity index is 1920. The van der Waals surface area contributed by atoms with Gasteiger partial charge in [-0.2, -0.15) is 5.10 Å². The van der Waals surface area contributed by atoms with Gasteiger partial charge in [-0.15, -0.1) is 0 Å². The fourth-order valence-corrected chi connectivity index (χ4v) is 5.52. The second kappa shape index (κ2) is 12.4. The number of aryl methyl sites for hydroxylation is 2. The Morgan fingerprint density at radius 1 is 0.978 bits per heavy atom. The van der Waals surface area contributed by atoms with Crippen LogP contribution in [0.5, 0.6) is 5.75 Å². The number of nitrogens with zero attached hydrogens (tertiary/aromatic N) is 3. The largest absolute Gasteiger partial charge is 0.490 e. The number of aromatic nitrogens is 3. The predicted molar refractivity (Wildman–Crippen MR) is 171 cm³/mol. The number of rotatable bonds is 5. The van der Waals surface area contributed by atoms with E-state index in [9.17, 15) is 14.3 Å². The first kappa shape index (κ1) is 31.8. The minimum atomic E-state index is -1.01. The number of aliphatic hydroxyl groups is 1. The number of hydrogen-bond acceptors (Lipinski definition) is 5. The van der Waals surface area contributed by atoms with Crippen LogP contribution in [0.1, 0.15) is 55.1 Å². The zero-order chi connectivity index (χ0) is 32.6. The molecule has 3 aromatic carbocycles. The van der Waals surface area contributed by atoms with Crippen LogP contribution < -0.4 is 4.74 Å². The summed E-state index contributed by atoms with van der Waals surface area (Å²) in [5, 5.41) is 23.1.